The molecule has 0 bridgehead atoms. The lowest BCUT2D eigenvalue weighted by atomic mass is 10.0. The van der Waals surface area contributed by atoms with Crippen LogP contribution in [0.2, 0.25) is 0 Å². The van der Waals surface area contributed by atoms with Gasteiger partial charge in [-0.1, -0.05) is 43.2 Å². The summed E-state index contributed by atoms with van der Waals surface area (Å²) < 4.78 is 5.09. The fraction of sp³-hybridized carbons (Fsp3) is 0.278. The van der Waals surface area contributed by atoms with Crippen LogP contribution in [-0.4, -0.2) is 22.8 Å². The van der Waals surface area contributed by atoms with Gasteiger partial charge >= 0.3 is 5.97 Å². The SMILES string of the molecule is CCCCOC(=O)/C(C#N)=C/c1cn[nH]c1-c1ccc(C)cc1. The van der Waals surface area contributed by atoms with Crippen LogP contribution in [0.25, 0.3) is 17.3 Å². The molecule has 1 heterocycles. The van der Waals surface area contributed by atoms with E-state index in [1.54, 1.807) is 6.20 Å². The summed E-state index contributed by atoms with van der Waals surface area (Å²) in [5, 5.41) is 16.1. The molecular formula is C18H19N3O2. The lowest BCUT2D eigenvalue weighted by Crippen LogP contribution is -2.07. The molecule has 1 aromatic heterocycles. The molecule has 0 aliphatic heterocycles. The molecule has 0 fully saturated rings. The molecule has 0 aliphatic rings. The van der Waals surface area contributed by atoms with E-state index in [2.05, 4.69) is 10.2 Å². The Bertz CT molecular complexity index is 736. The third kappa shape index (κ3) is 4.30. The topological polar surface area (TPSA) is 78.8 Å². The number of benzene rings is 1. The highest BCUT2D eigenvalue weighted by atomic mass is 16.5. The first-order valence-electron chi connectivity index (χ1n) is 7.55. The molecule has 1 N–H and O–H groups in total. The largest absolute Gasteiger partial charge is 0.462 e. The van der Waals surface area contributed by atoms with Crippen molar-refractivity contribution in [3.8, 4) is 17.3 Å². The average molecular weight is 309 g/mol. The zero-order chi connectivity index (χ0) is 16.7. The van der Waals surface area contributed by atoms with Gasteiger partial charge < -0.3 is 4.74 Å². The van der Waals surface area contributed by atoms with Gasteiger partial charge in [0.15, 0.2) is 0 Å². The van der Waals surface area contributed by atoms with E-state index in [9.17, 15) is 10.1 Å². The van der Waals surface area contributed by atoms with Gasteiger partial charge in [0.2, 0.25) is 0 Å². The van der Waals surface area contributed by atoms with Gasteiger partial charge in [0, 0.05) is 11.1 Å². The summed E-state index contributed by atoms with van der Waals surface area (Å²) in [5.41, 5.74) is 3.51. The molecule has 0 atom stereocenters. The van der Waals surface area contributed by atoms with Crippen LogP contribution in [-0.2, 0) is 9.53 Å². The number of aromatic amines is 1. The molecule has 0 aliphatic carbocycles. The molecule has 0 saturated heterocycles. The Morgan fingerprint density at radius 1 is 1.39 bits per heavy atom. The summed E-state index contributed by atoms with van der Waals surface area (Å²) in [5.74, 6) is -0.600. The molecule has 2 aromatic rings. The first-order valence-corrected chi connectivity index (χ1v) is 7.55. The van der Waals surface area contributed by atoms with Gasteiger partial charge in [0.25, 0.3) is 0 Å². The summed E-state index contributed by atoms with van der Waals surface area (Å²) in [6, 6.07) is 9.82. The number of unbranched alkanes of at least 4 members (excludes halogenated alkanes) is 1. The second-order valence-corrected chi connectivity index (χ2v) is 5.23. The predicted molar refractivity (Wildman–Crippen MR) is 88.2 cm³/mol. The monoisotopic (exact) mass is 309 g/mol. The molecule has 0 amide bonds. The van der Waals surface area contributed by atoms with Crippen LogP contribution in [0.15, 0.2) is 36.0 Å². The highest BCUT2D eigenvalue weighted by Gasteiger charge is 2.13. The fourth-order valence-corrected chi connectivity index (χ4v) is 2.04. The summed E-state index contributed by atoms with van der Waals surface area (Å²) in [4.78, 5) is 11.9. The second-order valence-electron chi connectivity index (χ2n) is 5.23. The number of hydrogen-bond donors (Lipinski definition) is 1. The lowest BCUT2D eigenvalue weighted by Gasteiger charge is -2.03. The van der Waals surface area contributed by atoms with Crippen molar-refractivity contribution in [3.05, 3.63) is 47.2 Å². The van der Waals surface area contributed by atoms with E-state index in [0.29, 0.717) is 12.2 Å². The Labute approximate surface area is 135 Å². The van der Waals surface area contributed by atoms with Crippen LogP contribution >= 0.6 is 0 Å². The number of carbonyl (C=O) groups excluding carboxylic acids is 1. The van der Waals surface area contributed by atoms with Crippen LogP contribution in [0.4, 0.5) is 0 Å². The van der Waals surface area contributed by atoms with E-state index in [1.165, 1.54) is 6.08 Å². The van der Waals surface area contributed by atoms with Gasteiger partial charge in [-0.25, -0.2) is 4.79 Å². The lowest BCUT2D eigenvalue weighted by molar-refractivity contribution is -0.138. The number of ether oxygens (including phenoxy) is 1. The van der Waals surface area contributed by atoms with Crippen molar-refractivity contribution in [2.45, 2.75) is 26.7 Å². The minimum Gasteiger partial charge on any atom is -0.462 e. The molecule has 23 heavy (non-hydrogen) atoms. The number of H-pyrrole nitrogens is 1. The number of aromatic nitrogens is 2. The van der Waals surface area contributed by atoms with Crippen LogP contribution in [0.5, 0.6) is 0 Å². The second kappa shape index (κ2) is 7.95. The summed E-state index contributed by atoms with van der Waals surface area (Å²) in [6.45, 7) is 4.34. The Morgan fingerprint density at radius 3 is 2.78 bits per heavy atom. The molecule has 0 spiro atoms. The minimum atomic E-state index is -0.600. The third-order valence-corrected chi connectivity index (χ3v) is 3.38. The molecule has 0 radical (unpaired) electrons. The highest BCUT2D eigenvalue weighted by molar-refractivity contribution is 5.98. The highest BCUT2D eigenvalue weighted by Crippen LogP contribution is 2.23. The van der Waals surface area contributed by atoms with E-state index in [0.717, 1.165) is 29.7 Å². The van der Waals surface area contributed by atoms with Gasteiger partial charge in [-0.2, -0.15) is 10.4 Å². The van der Waals surface area contributed by atoms with Crippen molar-refractivity contribution in [3.63, 3.8) is 0 Å². The van der Waals surface area contributed by atoms with Crippen molar-refractivity contribution >= 4 is 12.0 Å². The first kappa shape index (κ1) is 16.5. The number of nitrogens with one attached hydrogen (secondary N) is 1. The van der Waals surface area contributed by atoms with Crippen LogP contribution in [0, 0.1) is 18.3 Å². The Hall–Kier alpha value is -2.87. The zero-order valence-corrected chi connectivity index (χ0v) is 13.3. The molecule has 2 rings (SSSR count). The van der Waals surface area contributed by atoms with Crippen LogP contribution < -0.4 is 0 Å². The van der Waals surface area contributed by atoms with Crippen molar-refractivity contribution < 1.29 is 9.53 Å². The maximum Gasteiger partial charge on any atom is 0.348 e. The minimum absolute atomic E-state index is 0.0316. The quantitative estimate of drug-likeness (QED) is 0.382. The summed E-state index contributed by atoms with van der Waals surface area (Å²) in [6.07, 6.45) is 4.81. The van der Waals surface area contributed by atoms with E-state index < -0.39 is 5.97 Å². The molecule has 0 unspecified atom stereocenters. The third-order valence-electron chi connectivity index (χ3n) is 3.38. The van der Waals surface area contributed by atoms with Gasteiger partial charge in [-0.05, 0) is 19.4 Å². The zero-order valence-electron chi connectivity index (χ0n) is 13.3. The number of nitriles is 1. The van der Waals surface area contributed by atoms with Crippen molar-refractivity contribution in [2.24, 2.45) is 0 Å². The normalized spacial score (nSPS) is 11.1. The number of esters is 1. The smallest absolute Gasteiger partial charge is 0.348 e. The number of nitrogens with zero attached hydrogens (tertiary/aromatic N) is 2. The van der Waals surface area contributed by atoms with E-state index in [1.807, 2.05) is 44.2 Å². The Balaban J connectivity index is 2.24. The molecule has 0 saturated carbocycles. The molecule has 118 valence electrons. The molecular weight excluding hydrogens is 290 g/mol. The number of hydrogen-bond acceptors (Lipinski definition) is 4. The maximum absolute atomic E-state index is 11.9. The van der Waals surface area contributed by atoms with Crippen LogP contribution in [0.3, 0.4) is 0 Å². The van der Waals surface area contributed by atoms with E-state index >= 15 is 0 Å². The van der Waals surface area contributed by atoms with Crippen LogP contribution in [0.1, 0.15) is 30.9 Å². The fourth-order valence-electron chi connectivity index (χ4n) is 2.04. The van der Waals surface area contributed by atoms with Crippen molar-refractivity contribution in [1.29, 1.82) is 5.26 Å². The molecule has 1 aromatic carbocycles. The standard InChI is InChI=1S/C18H19N3O2/c1-3-4-9-23-18(22)15(11-19)10-16-12-20-21-17(16)14-7-5-13(2)6-8-14/h5-8,10,12H,3-4,9H2,1-2H3,(H,20,21)/b15-10+. The van der Waals surface area contributed by atoms with E-state index in [-0.39, 0.29) is 5.57 Å². The predicted octanol–water partition coefficient (Wildman–Crippen LogP) is 3.64. The first-order chi connectivity index (χ1) is 11.2. The van der Waals surface area contributed by atoms with Crippen molar-refractivity contribution in [2.75, 3.05) is 6.61 Å². The number of aryl methyl sites for hydroxylation is 1. The maximum atomic E-state index is 11.9. The summed E-state index contributed by atoms with van der Waals surface area (Å²) in [7, 11) is 0. The van der Waals surface area contributed by atoms with Crippen molar-refractivity contribution in [1.82, 2.24) is 10.2 Å². The van der Waals surface area contributed by atoms with Gasteiger partial charge in [-0.15, -0.1) is 0 Å². The number of carbonyl (C=O) groups is 1. The Kier molecular flexibility index (Phi) is 5.70. The molecule has 5 nitrogen and oxygen atoms in total. The Morgan fingerprint density at radius 2 is 2.13 bits per heavy atom. The van der Waals surface area contributed by atoms with E-state index in [4.69, 9.17) is 4.74 Å². The average Bonchev–Trinajstić information content (AvgIpc) is 3.01. The van der Waals surface area contributed by atoms with Gasteiger partial charge in [0.1, 0.15) is 11.6 Å². The number of rotatable bonds is 6. The summed E-state index contributed by atoms with van der Waals surface area (Å²) >= 11 is 0. The van der Waals surface area contributed by atoms with Gasteiger partial charge in [-0.3, -0.25) is 5.10 Å². The van der Waals surface area contributed by atoms with Gasteiger partial charge in [0.05, 0.1) is 18.5 Å². The molecule has 5 heteroatoms.